The van der Waals surface area contributed by atoms with Crippen LogP contribution in [0.4, 0.5) is 0 Å². The lowest BCUT2D eigenvalue weighted by Gasteiger charge is -2.14. The highest BCUT2D eigenvalue weighted by atomic mass is 35.7. The summed E-state index contributed by atoms with van der Waals surface area (Å²) in [6.45, 7) is 0.103. The Morgan fingerprint density at radius 3 is 2.40 bits per heavy atom. The van der Waals surface area contributed by atoms with Crippen LogP contribution in [0.1, 0.15) is 13.3 Å². The molecule has 0 heterocycles. The third kappa shape index (κ3) is 5.80. The van der Waals surface area contributed by atoms with Gasteiger partial charge in [-0.15, -0.1) is 33.8 Å². The Kier molecular flexibility index (Phi) is 6.26. The summed E-state index contributed by atoms with van der Waals surface area (Å²) in [7, 11) is 0. The van der Waals surface area contributed by atoms with Gasteiger partial charge in [-0.2, -0.15) is 0 Å². The highest BCUT2D eigenvalue weighted by molar-refractivity contribution is 7.42. The second kappa shape index (κ2) is 5.67. The first-order valence-electron chi connectivity index (χ1n) is 3.20. The van der Waals surface area contributed by atoms with Crippen LogP contribution in [-0.4, -0.2) is 19.4 Å². The molecule has 0 aromatic carbocycles. The van der Waals surface area contributed by atoms with Crippen molar-refractivity contribution in [3.05, 3.63) is 0 Å². The predicted molar refractivity (Wildman–Crippen MR) is 49.2 cm³/mol. The molecule has 0 saturated carbocycles. The van der Waals surface area contributed by atoms with Crippen LogP contribution in [0.25, 0.3) is 0 Å². The zero-order valence-corrected chi connectivity index (χ0v) is 9.14. The number of hydrogen-bond acceptors (Lipinski definition) is 1. The van der Waals surface area contributed by atoms with Gasteiger partial charge in [-0.05, 0) is 19.4 Å². The largest absolute Gasteiger partial charge is 0.393 e. The maximum Gasteiger partial charge on any atom is 0.389 e. The molecule has 0 radical (unpaired) electrons. The average Bonchev–Trinajstić information content (AvgIpc) is 1.84. The van der Waals surface area contributed by atoms with Gasteiger partial charge in [0.2, 0.25) is 0 Å². The van der Waals surface area contributed by atoms with Crippen molar-refractivity contribution in [2.24, 2.45) is 0 Å². The zero-order valence-electron chi connectivity index (χ0n) is 5.87. The van der Waals surface area contributed by atoms with Gasteiger partial charge in [-0.25, -0.2) is 0 Å². The molecule has 0 bridgehead atoms. The van der Waals surface area contributed by atoms with Gasteiger partial charge in [-0.3, -0.25) is 0 Å². The third-order valence-electron chi connectivity index (χ3n) is 0.957. The standard InChI is InChI=1S/C5H11Cl3OSi/c1-2-9-10(7,8)5-3-4-6/h2-5H2,1H3. The van der Waals surface area contributed by atoms with Crippen molar-refractivity contribution in [1.82, 2.24) is 0 Å². The van der Waals surface area contributed by atoms with Crippen molar-refractivity contribution < 1.29 is 4.43 Å². The van der Waals surface area contributed by atoms with E-state index >= 15 is 0 Å². The Bertz CT molecular complexity index is 89.0. The first kappa shape index (κ1) is 11.0. The van der Waals surface area contributed by atoms with Crippen LogP contribution < -0.4 is 0 Å². The van der Waals surface area contributed by atoms with E-state index < -0.39 is 6.94 Å². The summed E-state index contributed by atoms with van der Waals surface area (Å²) in [5.74, 6) is 0.598. The predicted octanol–water partition coefficient (Wildman–Crippen LogP) is 3.07. The topological polar surface area (TPSA) is 9.23 Å². The molecule has 0 saturated heterocycles. The van der Waals surface area contributed by atoms with Gasteiger partial charge in [0.05, 0.1) is 0 Å². The first-order valence-corrected chi connectivity index (χ1v) is 7.87. The Morgan fingerprint density at radius 1 is 1.40 bits per heavy atom. The molecule has 0 rings (SSSR count). The minimum Gasteiger partial charge on any atom is -0.393 e. The number of alkyl halides is 1. The number of hydrogen-bond donors (Lipinski definition) is 0. The zero-order chi connectivity index (χ0) is 8.04. The van der Waals surface area contributed by atoms with Gasteiger partial charge < -0.3 is 4.43 Å². The van der Waals surface area contributed by atoms with Gasteiger partial charge in [0.1, 0.15) is 0 Å². The molecule has 0 aromatic heterocycles. The Morgan fingerprint density at radius 2 is 2.00 bits per heavy atom. The lowest BCUT2D eigenvalue weighted by molar-refractivity contribution is 0.347. The van der Waals surface area contributed by atoms with Gasteiger partial charge in [0, 0.05) is 12.5 Å². The van der Waals surface area contributed by atoms with E-state index in [0.717, 1.165) is 6.42 Å². The van der Waals surface area contributed by atoms with Gasteiger partial charge in [-0.1, -0.05) is 0 Å². The van der Waals surface area contributed by atoms with Crippen molar-refractivity contribution in [3.63, 3.8) is 0 Å². The highest BCUT2D eigenvalue weighted by Crippen LogP contribution is 2.23. The van der Waals surface area contributed by atoms with Gasteiger partial charge in [0.15, 0.2) is 0 Å². The van der Waals surface area contributed by atoms with E-state index in [4.69, 9.17) is 38.2 Å². The molecule has 0 aliphatic heterocycles. The van der Waals surface area contributed by atoms with Crippen LogP contribution in [0.2, 0.25) is 6.04 Å². The molecule has 5 heteroatoms. The molecule has 0 atom stereocenters. The van der Waals surface area contributed by atoms with Gasteiger partial charge >= 0.3 is 6.94 Å². The molecule has 0 aliphatic carbocycles. The number of rotatable bonds is 5. The molecule has 0 aromatic rings. The van der Waals surface area contributed by atoms with E-state index in [1.807, 2.05) is 6.92 Å². The minimum absolute atomic E-state index is 0.585. The normalized spacial score (nSPS) is 12.0. The van der Waals surface area contributed by atoms with Crippen LogP contribution in [0.15, 0.2) is 0 Å². The molecule has 0 aliphatic rings. The average molecular weight is 222 g/mol. The smallest absolute Gasteiger partial charge is 0.389 e. The lowest BCUT2D eigenvalue weighted by Crippen LogP contribution is -2.24. The first-order chi connectivity index (χ1) is 4.62. The summed E-state index contributed by atoms with van der Waals surface area (Å²) in [5.41, 5.74) is 0. The van der Waals surface area contributed by atoms with Crippen molar-refractivity contribution in [2.75, 3.05) is 12.5 Å². The van der Waals surface area contributed by atoms with E-state index in [-0.39, 0.29) is 0 Å². The van der Waals surface area contributed by atoms with E-state index in [2.05, 4.69) is 0 Å². The summed E-state index contributed by atoms with van der Waals surface area (Å²) >= 11 is 17.1. The lowest BCUT2D eigenvalue weighted by atomic mass is 10.6. The van der Waals surface area contributed by atoms with E-state index in [1.165, 1.54) is 0 Å². The van der Waals surface area contributed by atoms with Crippen molar-refractivity contribution >= 4 is 40.7 Å². The Labute approximate surface area is 77.1 Å². The summed E-state index contributed by atoms with van der Waals surface area (Å²) in [6, 6.07) is 0.716. The quantitative estimate of drug-likeness (QED) is 0.394. The second-order valence-electron chi connectivity index (χ2n) is 1.86. The van der Waals surface area contributed by atoms with E-state index in [0.29, 0.717) is 18.5 Å². The number of halogens is 3. The van der Waals surface area contributed by atoms with E-state index in [1.54, 1.807) is 0 Å². The molecule has 0 N–H and O–H groups in total. The maximum atomic E-state index is 5.84. The molecule has 0 amide bonds. The second-order valence-corrected chi connectivity index (χ2v) is 8.55. The van der Waals surface area contributed by atoms with Crippen LogP contribution in [0, 0.1) is 0 Å². The molecular weight excluding hydrogens is 210 g/mol. The van der Waals surface area contributed by atoms with Gasteiger partial charge in [0.25, 0.3) is 0 Å². The SMILES string of the molecule is CCO[Si](Cl)(Cl)CCCCl. The third-order valence-corrected chi connectivity index (χ3v) is 4.66. The van der Waals surface area contributed by atoms with Crippen molar-refractivity contribution in [3.8, 4) is 0 Å². The summed E-state index contributed by atoms with van der Waals surface area (Å²) in [6.07, 6.45) is 0.834. The molecule has 1 nitrogen and oxygen atoms in total. The Balaban J connectivity index is 3.42. The molecule has 0 fully saturated rings. The van der Waals surface area contributed by atoms with E-state index in [9.17, 15) is 0 Å². The fourth-order valence-electron chi connectivity index (χ4n) is 0.556. The summed E-state index contributed by atoms with van der Waals surface area (Å²) in [4.78, 5) is 0. The molecule has 62 valence electrons. The highest BCUT2D eigenvalue weighted by Gasteiger charge is 2.28. The fourth-order valence-corrected chi connectivity index (χ4v) is 3.53. The van der Waals surface area contributed by atoms with Crippen LogP contribution in [-0.2, 0) is 4.43 Å². The monoisotopic (exact) mass is 220 g/mol. The molecule has 10 heavy (non-hydrogen) atoms. The minimum atomic E-state index is -2.36. The van der Waals surface area contributed by atoms with Crippen LogP contribution in [0.3, 0.4) is 0 Å². The summed E-state index contributed by atoms with van der Waals surface area (Å²) < 4.78 is 5.14. The maximum absolute atomic E-state index is 5.84. The summed E-state index contributed by atoms with van der Waals surface area (Å²) in [5, 5.41) is 0. The van der Waals surface area contributed by atoms with Crippen molar-refractivity contribution in [1.29, 1.82) is 0 Å². The molecule has 0 unspecified atom stereocenters. The Hall–Kier alpha value is 1.05. The molecular formula is C5H11Cl3OSi. The van der Waals surface area contributed by atoms with Crippen molar-refractivity contribution in [2.45, 2.75) is 19.4 Å². The fraction of sp³-hybridized carbons (Fsp3) is 1.00. The van der Waals surface area contributed by atoms with Crippen LogP contribution in [0.5, 0.6) is 0 Å². The van der Waals surface area contributed by atoms with Crippen LogP contribution >= 0.6 is 33.8 Å². The molecule has 0 spiro atoms.